The molecule has 5 fully saturated rings. The molecule has 0 saturated heterocycles. The third-order valence-electron chi connectivity index (χ3n) is 25.1. The Hall–Kier alpha value is -13.7. The average molecular weight is 1660 g/mol. The fraction of sp³-hybridized carbons (Fsp3) is 0.341. The van der Waals surface area contributed by atoms with Crippen LogP contribution in [-0.2, 0) is 0 Å². The van der Waals surface area contributed by atoms with E-state index >= 15 is 0 Å². The van der Waals surface area contributed by atoms with Gasteiger partial charge in [0.05, 0.1) is 91.8 Å². The number of aromatic nitrogens is 30. The summed E-state index contributed by atoms with van der Waals surface area (Å²) in [6, 6.07) is 18.5. The van der Waals surface area contributed by atoms with Gasteiger partial charge in [-0.05, 0) is 207 Å². The molecule has 25 rings (SSSR count). The van der Waals surface area contributed by atoms with Gasteiger partial charge in [-0.1, -0.05) is 11.6 Å². The molecule has 20 aromatic heterocycles. The maximum atomic E-state index is 6.22. The molecule has 5 saturated carbocycles. The van der Waals surface area contributed by atoms with Crippen LogP contribution in [0.25, 0.3) is 56.5 Å². The van der Waals surface area contributed by atoms with Crippen molar-refractivity contribution in [1.82, 2.24) is 145 Å². The van der Waals surface area contributed by atoms with E-state index in [1.807, 2.05) is 158 Å². The fourth-order valence-electron chi connectivity index (χ4n) is 17.5. The molecular formula is C91H91ClN30O. The highest BCUT2D eigenvalue weighted by Crippen LogP contribution is 2.58. The smallest absolute Gasteiger partial charge is 0.177 e. The summed E-state index contributed by atoms with van der Waals surface area (Å²) in [6.45, 7) is 30.5. The van der Waals surface area contributed by atoms with Crippen molar-refractivity contribution < 1.29 is 4.74 Å². The Morgan fingerprint density at radius 3 is 1.15 bits per heavy atom. The maximum Gasteiger partial charge on any atom is 0.177 e. The molecule has 0 aliphatic heterocycles. The van der Waals surface area contributed by atoms with E-state index in [9.17, 15) is 0 Å². The van der Waals surface area contributed by atoms with Crippen molar-refractivity contribution in [3.63, 3.8) is 0 Å². The predicted octanol–water partition coefficient (Wildman–Crippen LogP) is 15.5. The standard InChI is InChI=1S/2C19H20N6.C18H18N6O.C18H18N6.C17H15ClN6/c2*1-10-5-6-24-13(4)17(21-16(24)7-10)14-8-15(14)18-22-19-12(3)20-9-11(2)25(19)23-18;1-10-15(25-3)4-6-23-9-14(20-17(10)23)12-8-13(12)16-21-18-11(2)19-5-7-24(18)22-16;1-10-4-5-23-9-15(20-16(23)6-10)13-7-14(13)17-21-18-12(3)19-8-11(2)24(18)22-17;1-9-7-19-10(2)16-21-15(22-24(9)16)12-6-11(12)14-8-23-5-3-4-13(18)17(23)20-14/h2*5-7,9,14-15H,8H2,1-4H3;4-7,9,12-13H,8H2,1-3H3;4-6,8-9,13-14H,7H2,1-3H3;3-5,7-8,11-12H,6H2,1-2H3. The second-order valence-electron chi connectivity index (χ2n) is 34.1. The van der Waals surface area contributed by atoms with Crippen LogP contribution in [0.1, 0.15) is 234 Å². The highest BCUT2D eigenvalue weighted by atomic mass is 35.5. The van der Waals surface area contributed by atoms with Gasteiger partial charge in [0.25, 0.3) is 0 Å². The number of methoxy groups -OCH3 is 1. The highest BCUT2D eigenvalue weighted by Gasteiger charge is 2.49. The predicted molar refractivity (Wildman–Crippen MR) is 463 cm³/mol. The lowest BCUT2D eigenvalue weighted by molar-refractivity contribution is 0.411. The van der Waals surface area contributed by atoms with E-state index in [-0.39, 0.29) is 0 Å². The molecule has 0 N–H and O–H groups in total. The lowest BCUT2D eigenvalue weighted by Crippen LogP contribution is -1.97. The molecule has 0 bridgehead atoms. The Kier molecular flexibility index (Phi) is 18.3. The monoisotopic (exact) mass is 1650 g/mol. The minimum Gasteiger partial charge on any atom is -0.496 e. The summed E-state index contributed by atoms with van der Waals surface area (Å²) in [6.07, 6.45) is 32.7. The number of aryl methyl sites for hydroxylation is 15. The van der Waals surface area contributed by atoms with Gasteiger partial charge in [-0.3, -0.25) is 24.9 Å². The van der Waals surface area contributed by atoms with Crippen molar-refractivity contribution in [2.75, 3.05) is 7.11 Å². The van der Waals surface area contributed by atoms with E-state index in [0.29, 0.717) is 64.2 Å². The quantitative estimate of drug-likeness (QED) is 0.116. The summed E-state index contributed by atoms with van der Waals surface area (Å²) in [5.74, 6) is 9.01. The first-order valence-electron chi connectivity index (χ1n) is 41.9. The first kappa shape index (κ1) is 76.7. The third kappa shape index (κ3) is 13.7. The van der Waals surface area contributed by atoms with E-state index in [2.05, 4.69) is 166 Å². The van der Waals surface area contributed by atoms with Gasteiger partial charge in [-0.2, -0.15) is 25.5 Å². The minimum atomic E-state index is 0.312. The molecule has 32 heteroatoms. The van der Waals surface area contributed by atoms with Crippen LogP contribution in [0.2, 0.25) is 5.02 Å². The zero-order chi connectivity index (χ0) is 84.6. The largest absolute Gasteiger partial charge is 0.496 e. The summed E-state index contributed by atoms with van der Waals surface area (Å²) in [7, 11) is 1.69. The molecule has 5 aliphatic carbocycles. The number of nitrogens with zero attached hydrogens (tertiary/aromatic N) is 30. The first-order valence-corrected chi connectivity index (χ1v) is 42.2. The molecule has 123 heavy (non-hydrogen) atoms. The van der Waals surface area contributed by atoms with Crippen LogP contribution >= 0.6 is 11.6 Å². The van der Waals surface area contributed by atoms with Gasteiger partial charge in [-0.25, -0.2) is 72.4 Å². The molecule has 10 atom stereocenters. The van der Waals surface area contributed by atoms with E-state index in [4.69, 9.17) is 76.5 Å². The van der Waals surface area contributed by atoms with Crippen molar-refractivity contribution in [1.29, 1.82) is 0 Å². The van der Waals surface area contributed by atoms with Gasteiger partial charge >= 0.3 is 0 Å². The molecule has 0 radical (unpaired) electrons. The molecule has 618 valence electrons. The molecule has 10 unspecified atom stereocenters. The normalized spacial score (nSPS) is 19.9. The van der Waals surface area contributed by atoms with E-state index < -0.39 is 0 Å². The number of rotatable bonds is 11. The number of ether oxygens (including phenoxy) is 1. The summed E-state index contributed by atoms with van der Waals surface area (Å²) >= 11 is 6.22. The Labute approximate surface area is 710 Å². The van der Waals surface area contributed by atoms with Crippen LogP contribution in [0, 0.1) is 104 Å². The SMILES string of the molecule is COc1ccn2cc(C3CC3c3nc4c(C)nccn4n3)nc2c1C.Cc1ccn2c(C)c(C3CC3c3nc4c(C)ncc(C)n4n3)nc2c1.Cc1ccn2c(C)c(C3CC3c3nc4c(C)ncc(C)n4n3)nc2c1.Cc1ccn2cc(C3CC3c3nc4c(C)ncc(C)n4n3)nc2c1.Cc1ncc(C)n2nc(C3CC3c3cn4cccc(Cl)c4n3)nc12. The van der Waals surface area contributed by atoms with Gasteiger partial charge in [0.15, 0.2) is 63.0 Å². The van der Waals surface area contributed by atoms with Crippen molar-refractivity contribution >= 4 is 68.1 Å². The topological polar surface area (TPSA) is 311 Å². The molecule has 31 nitrogen and oxygen atoms in total. The number of hydrogen-bond acceptors (Lipinski definition) is 21. The zero-order valence-corrected chi connectivity index (χ0v) is 72.0. The Morgan fingerprint density at radius 2 is 0.707 bits per heavy atom. The van der Waals surface area contributed by atoms with Crippen LogP contribution in [-0.4, -0.2) is 152 Å². The van der Waals surface area contributed by atoms with Crippen molar-refractivity contribution in [3.8, 4) is 5.75 Å². The van der Waals surface area contributed by atoms with E-state index in [1.54, 1.807) is 13.3 Å². The van der Waals surface area contributed by atoms with Crippen LogP contribution in [0.4, 0.5) is 0 Å². The number of fused-ring (bicyclic) bond motifs is 10. The van der Waals surface area contributed by atoms with Crippen LogP contribution in [0.3, 0.4) is 0 Å². The molecule has 0 aromatic carbocycles. The summed E-state index contributed by atoms with van der Waals surface area (Å²) in [5.41, 5.74) is 30.5. The molecule has 0 spiro atoms. The summed E-state index contributed by atoms with van der Waals surface area (Å²) in [5, 5.41) is 24.2. The third-order valence-corrected chi connectivity index (χ3v) is 25.4. The van der Waals surface area contributed by atoms with Gasteiger partial charge < -0.3 is 26.7 Å². The molecule has 5 aliphatic rings. The van der Waals surface area contributed by atoms with Crippen molar-refractivity contribution in [3.05, 3.63) is 289 Å². The van der Waals surface area contributed by atoms with Crippen LogP contribution in [0.5, 0.6) is 5.75 Å². The molecule has 20 aromatic rings. The number of halogens is 1. The maximum absolute atomic E-state index is 6.22. The van der Waals surface area contributed by atoms with Crippen molar-refractivity contribution in [2.24, 2.45) is 0 Å². The second kappa shape index (κ2) is 29.3. The van der Waals surface area contributed by atoms with Crippen LogP contribution in [0.15, 0.2) is 141 Å². The number of pyridine rings is 5. The summed E-state index contributed by atoms with van der Waals surface area (Å²) in [4.78, 5) is 69.6. The Balaban J connectivity index is 0.0000000945. The molecular weight excluding hydrogens is 1560 g/mol. The Bertz CT molecular complexity index is 7310. The lowest BCUT2D eigenvalue weighted by atomic mass is 10.2. The van der Waals surface area contributed by atoms with E-state index in [1.165, 1.54) is 39.5 Å². The van der Waals surface area contributed by atoms with Gasteiger partial charge in [0, 0.05) is 163 Å². The van der Waals surface area contributed by atoms with Gasteiger partial charge in [0.1, 0.15) is 28.3 Å². The zero-order valence-electron chi connectivity index (χ0n) is 71.3. The van der Waals surface area contributed by atoms with Crippen molar-refractivity contribution in [2.45, 2.75) is 195 Å². The van der Waals surface area contributed by atoms with Gasteiger partial charge in [-0.15, -0.1) is 0 Å². The first-order chi connectivity index (χ1) is 59.4. The number of hydrogen-bond donors (Lipinski definition) is 0. The van der Waals surface area contributed by atoms with Gasteiger partial charge in [0.2, 0.25) is 0 Å². The van der Waals surface area contributed by atoms with Crippen LogP contribution < -0.4 is 4.74 Å². The summed E-state index contributed by atoms with van der Waals surface area (Å²) < 4.78 is 25.3. The minimum absolute atomic E-state index is 0.312. The fourth-order valence-corrected chi connectivity index (χ4v) is 17.7. The Morgan fingerprint density at radius 1 is 0.333 bits per heavy atom. The molecule has 0 amide bonds. The van der Waals surface area contributed by atoms with E-state index in [0.717, 1.165) is 197 Å². The second-order valence-corrected chi connectivity index (χ2v) is 34.5. The lowest BCUT2D eigenvalue weighted by Gasteiger charge is -2.04. The number of imidazole rings is 5. The average Bonchev–Trinajstić information content (AvgIpc) is 1.61. The highest BCUT2D eigenvalue weighted by molar-refractivity contribution is 6.33. The molecule has 20 heterocycles.